The summed E-state index contributed by atoms with van der Waals surface area (Å²) < 4.78 is 47.8. The summed E-state index contributed by atoms with van der Waals surface area (Å²) in [5, 5.41) is 2.56. The van der Waals surface area contributed by atoms with Crippen molar-refractivity contribution in [2.75, 3.05) is 11.4 Å². The van der Waals surface area contributed by atoms with Crippen molar-refractivity contribution in [1.82, 2.24) is 10.2 Å². The molecule has 1 saturated heterocycles. The largest absolute Gasteiger partial charge is 0.491 e. The Morgan fingerprint density at radius 2 is 2.03 bits per heavy atom. The minimum Gasteiger partial charge on any atom is -0.491 e. The lowest BCUT2D eigenvalue weighted by Gasteiger charge is -2.42. The molecule has 1 N–H and O–H groups in total. The van der Waals surface area contributed by atoms with Crippen LogP contribution in [0.1, 0.15) is 58.4 Å². The van der Waals surface area contributed by atoms with Crippen molar-refractivity contribution in [1.29, 1.82) is 0 Å². The molecule has 1 aliphatic heterocycles. The highest BCUT2D eigenvalue weighted by Gasteiger charge is 2.43. The Kier molecular flexibility index (Phi) is 8.97. The second-order valence-electron chi connectivity index (χ2n) is 10.6. The number of anilines is 1. The lowest BCUT2D eigenvalue weighted by molar-refractivity contribution is -0.00561. The number of nitrogens with zero attached hydrogens (tertiary/aromatic N) is 3. The second kappa shape index (κ2) is 12.2. The van der Waals surface area contributed by atoms with Crippen LogP contribution in [0.4, 0.5) is 23.7 Å². The van der Waals surface area contributed by atoms with E-state index in [0.717, 1.165) is 30.7 Å². The van der Waals surface area contributed by atoms with Crippen LogP contribution in [-0.2, 0) is 6.54 Å². The molecule has 4 rings (SSSR count). The fourth-order valence-electron chi connectivity index (χ4n) is 5.35. The van der Waals surface area contributed by atoms with Crippen molar-refractivity contribution in [3.63, 3.8) is 0 Å². The van der Waals surface area contributed by atoms with E-state index in [-0.39, 0.29) is 31.0 Å². The molecule has 9 heteroatoms. The van der Waals surface area contributed by atoms with E-state index in [9.17, 15) is 18.0 Å². The van der Waals surface area contributed by atoms with Crippen molar-refractivity contribution in [2.45, 2.75) is 89.6 Å². The molecule has 0 bridgehead atoms. The molecule has 1 saturated carbocycles. The summed E-state index contributed by atoms with van der Waals surface area (Å²) in [4.78, 5) is 21.1. The Morgan fingerprint density at radius 3 is 2.71 bits per heavy atom. The number of hydrogen-bond donors (Lipinski definition) is 1. The van der Waals surface area contributed by atoms with Crippen molar-refractivity contribution in [3.8, 4) is 5.75 Å². The third-order valence-corrected chi connectivity index (χ3v) is 7.23. The van der Waals surface area contributed by atoms with Crippen molar-refractivity contribution in [3.05, 3.63) is 59.9 Å². The van der Waals surface area contributed by atoms with Crippen LogP contribution in [0.5, 0.6) is 5.75 Å². The third-order valence-electron chi connectivity index (χ3n) is 7.23. The number of hydrogen-bond acceptors (Lipinski definition) is 4. The first-order valence-electron chi connectivity index (χ1n) is 13.4. The van der Waals surface area contributed by atoms with Gasteiger partial charge < -0.3 is 4.74 Å². The highest BCUT2D eigenvalue weighted by molar-refractivity contribution is 5.98. The van der Waals surface area contributed by atoms with Gasteiger partial charge >= 0.3 is 6.03 Å². The Hall–Kier alpha value is -3.07. The van der Waals surface area contributed by atoms with Crippen LogP contribution in [0.15, 0.2) is 53.5 Å². The number of amides is 2. The van der Waals surface area contributed by atoms with Gasteiger partial charge in [0, 0.05) is 37.3 Å². The van der Waals surface area contributed by atoms with Gasteiger partial charge in [-0.05, 0) is 82.3 Å². The standard InChI is InChI=1S/C29H37F3N4O2/c1-20(2)38-26-10-4-7-22(16-26)18-35-14-12-25(15-21(35)3)36(24-9-5-8-23(30)17-24)28(37)34-19-33-27-11-6-13-29(27,31)32/h4-5,7-10,16-17,19-21,25,27H,6,11-15,18H2,1-3H3,(H,33,34,37)/t21-,25+,27+/m0/s1. The number of halogens is 3. The minimum absolute atomic E-state index is 0.0968. The molecular weight excluding hydrogens is 493 g/mol. The van der Waals surface area contributed by atoms with Crippen LogP contribution in [0.2, 0.25) is 0 Å². The number of piperidine rings is 1. The molecule has 1 heterocycles. The number of carbonyl (C=O) groups excluding carboxylic acids is 1. The average molecular weight is 531 g/mol. The number of nitrogens with one attached hydrogen (secondary N) is 1. The van der Waals surface area contributed by atoms with E-state index in [1.807, 2.05) is 26.0 Å². The molecule has 2 aromatic carbocycles. The van der Waals surface area contributed by atoms with Crippen LogP contribution in [0.3, 0.4) is 0 Å². The normalized spacial score (nSPS) is 23.6. The summed E-state index contributed by atoms with van der Waals surface area (Å²) in [7, 11) is 0. The van der Waals surface area contributed by atoms with Gasteiger partial charge in [-0.25, -0.2) is 18.0 Å². The molecule has 0 spiro atoms. The maximum atomic E-state index is 14.1. The smallest absolute Gasteiger partial charge is 0.327 e. The zero-order valence-electron chi connectivity index (χ0n) is 22.2. The summed E-state index contributed by atoms with van der Waals surface area (Å²) in [6.07, 6.45) is 3.02. The maximum absolute atomic E-state index is 14.1. The maximum Gasteiger partial charge on any atom is 0.327 e. The molecular formula is C29H37F3N4O2. The molecule has 2 aliphatic rings. The first-order chi connectivity index (χ1) is 18.1. The van der Waals surface area contributed by atoms with E-state index < -0.39 is 23.8 Å². The van der Waals surface area contributed by atoms with Crippen LogP contribution in [-0.4, -0.2) is 54.0 Å². The van der Waals surface area contributed by atoms with Gasteiger partial charge in [-0.3, -0.25) is 20.1 Å². The summed E-state index contributed by atoms with van der Waals surface area (Å²) in [6.45, 7) is 7.60. The monoisotopic (exact) mass is 530 g/mol. The first-order valence-corrected chi connectivity index (χ1v) is 13.4. The van der Waals surface area contributed by atoms with Gasteiger partial charge in [-0.2, -0.15) is 0 Å². The Balaban J connectivity index is 1.44. The third kappa shape index (κ3) is 7.07. The Morgan fingerprint density at radius 1 is 1.24 bits per heavy atom. The lowest BCUT2D eigenvalue weighted by Crippen LogP contribution is -2.53. The van der Waals surface area contributed by atoms with Gasteiger partial charge in [0.2, 0.25) is 0 Å². The number of benzene rings is 2. The fraction of sp³-hybridized carbons (Fsp3) is 0.517. The Bertz CT molecular complexity index is 1130. The van der Waals surface area contributed by atoms with Gasteiger partial charge in [-0.15, -0.1) is 0 Å². The highest BCUT2D eigenvalue weighted by Crippen LogP contribution is 2.37. The van der Waals surface area contributed by atoms with Crippen LogP contribution in [0, 0.1) is 5.82 Å². The quantitative estimate of drug-likeness (QED) is 0.318. The predicted molar refractivity (Wildman–Crippen MR) is 144 cm³/mol. The molecule has 2 amide bonds. The number of urea groups is 1. The molecule has 0 radical (unpaired) electrons. The van der Waals surface area contributed by atoms with Gasteiger partial charge in [0.05, 0.1) is 12.4 Å². The minimum atomic E-state index is -2.85. The van der Waals surface area contributed by atoms with E-state index >= 15 is 0 Å². The van der Waals surface area contributed by atoms with Crippen molar-refractivity contribution >= 4 is 18.1 Å². The fourth-order valence-corrected chi connectivity index (χ4v) is 5.35. The number of likely N-dealkylation sites (tertiary alicyclic amines) is 1. The number of alkyl halides is 2. The van der Waals surface area contributed by atoms with E-state index in [1.54, 1.807) is 12.1 Å². The van der Waals surface area contributed by atoms with Crippen molar-refractivity contribution < 1.29 is 22.7 Å². The molecule has 2 aromatic rings. The molecule has 0 unspecified atom stereocenters. The van der Waals surface area contributed by atoms with E-state index in [4.69, 9.17) is 4.74 Å². The Labute approximate surface area is 222 Å². The van der Waals surface area contributed by atoms with E-state index in [1.165, 1.54) is 17.0 Å². The molecule has 0 aromatic heterocycles. The van der Waals surface area contributed by atoms with E-state index in [0.29, 0.717) is 24.9 Å². The molecule has 1 aliphatic carbocycles. The average Bonchev–Trinajstić information content (AvgIpc) is 3.18. The van der Waals surface area contributed by atoms with Crippen LogP contribution in [0.25, 0.3) is 0 Å². The molecule has 6 nitrogen and oxygen atoms in total. The van der Waals surface area contributed by atoms with Gasteiger partial charge in [0.25, 0.3) is 5.92 Å². The first kappa shape index (κ1) is 28.0. The predicted octanol–water partition coefficient (Wildman–Crippen LogP) is 6.40. The summed E-state index contributed by atoms with van der Waals surface area (Å²) in [5.74, 6) is -2.47. The van der Waals surface area contributed by atoms with E-state index in [2.05, 4.69) is 34.3 Å². The number of carbonyl (C=O) groups is 1. The zero-order chi connectivity index (χ0) is 27.3. The molecule has 38 heavy (non-hydrogen) atoms. The van der Waals surface area contributed by atoms with Crippen LogP contribution < -0.4 is 15.0 Å². The highest BCUT2D eigenvalue weighted by atomic mass is 19.3. The number of rotatable bonds is 8. The summed E-state index contributed by atoms with van der Waals surface area (Å²) in [5.41, 5.74) is 1.57. The zero-order valence-corrected chi connectivity index (χ0v) is 22.2. The molecule has 206 valence electrons. The van der Waals surface area contributed by atoms with Gasteiger partial charge in [-0.1, -0.05) is 18.2 Å². The summed E-state index contributed by atoms with van der Waals surface area (Å²) >= 11 is 0. The van der Waals surface area contributed by atoms with Crippen molar-refractivity contribution in [2.24, 2.45) is 4.99 Å². The number of ether oxygens (including phenoxy) is 1. The topological polar surface area (TPSA) is 57.2 Å². The van der Waals surface area contributed by atoms with Gasteiger partial charge in [0.1, 0.15) is 17.6 Å². The summed E-state index contributed by atoms with van der Waals surface area (Å²) in [6, 6.07) is 12.3. The molecule has 2 fully saturated rings. The lowest BCUT2D eigenvalue weighted by atomic mass is 9.95. The van der Waals surface area contributed by atoms with Gasteiger partial charge in [0.15, 0.2) is 0 Å². The number of aliphatic imine (C=N–C) groups is 1. The second-order valence-corrected chi connectivity index (χ2v) is 10.6. The SMILES string of the molecule is CC(C)Oc1cccc(CN2CC[C@@H](N(C(=O)NC=N[C@@H]3CCCC3(F)F)c3cccc(F)c3)C[C@@H]2C)c1. The van der Waals surface area contributed by atoms with Crippen LogP contribution >= 0.6 is 0 Å². The molecule has 3 atom stereocenters.